The van der Waals surface area contributed by atoms with E-state index in [4.69, 9.17) is 21.1 Å². The number of rotatable bonds is 4. The smallest absolute Gasteiger partial charge is 0.404 e. The van der Waals surface area contributed by atoms with E-state index in [1.165, 1.54) is 13.2 Å². The number of fused-ring (bicyclic) bond motifs is 1. The number of carbonyl (C=O) groups excluding carboxylic acids is 2. The van der Waals surface area contributed by atoms with Crippen LogP contribution in [0.15, 0.2) is 11.8 Å². The molecule has 0 aromatic carbocycles. The fourth-order valence-electron chi connectivity index (χ4n) is 2.74. The third kappa shape index (κ3) is 3.23. The summed E-state index contributed by atoms with van der Waals surface area (Å²) in [6.07, 6.45) is 4.89. The van der Waals surface area contributed by atoms with E-state index in [9.17, 15) is 9.59 Å². The normalized spacial score (nSPS) is 19.2. The third-order valence-electron chi connectivity index (χ3n) is 3.96. The van der Waals surface area contributed by atoms with Gasteiger partial charge in [-0.1, -0.05) is 11.6 Å². The molecule has 3 rings (SSSR count). The van der Waals surface area contributed by atoms with E-state index in [1.807, 2.05) is 6.07 Å². The molecule has 0 atom stereocenters. The molecule has 0 N–H and O–H groups in total. The zero-order chi connectivity index (χ0) is 16.4. The largest absolute Gasteiger partial charge is 0.422 e. The minimum absolute atomic E-state index is 0.0365. The Morgan fingerprint density at radius 3 is 2.96 bits per heavy atom. The number of imide groups is 1. The first-order valence-corrected chi connectivity index (χ1v) is 7.90. The van der Waals surface area contributed by atoms with Crippen molar-refractivity contribution in [2.45, 2.75) is 25.7 Å². The van der Waals surface area contributed by atoms with E-state index in [0.717, 1.165) is 41.8 Å². The van der Waals surface area contributed by atoms with E-state index < -0.39 is 12.0 Å². The minimum atomic E-state index is -0.694. The fourth-order valence-corrected chi connectivity index (χ4v) is 2.96. The molecule has 6 nitrogen and oxygen atoms in total. The lowest BCUT2D eigenvalue weighted by molar-refractivity contribution is -0.123. The minimum Gasteiger partial charge on any atom is -0.404 e. The van der Waals surface area contributed by atoms with Crippen LogP contribution >= 0.6 is 11.6 Å². The number of amides is 2. The molecule has 1 aromatic heterocycles. The van der Waals surface area contributed by atoms with Gasteiger partial charge >= 0.3 is 6.09 Å². The van der Waals surface area contributed by atoms with Gasteiger partial charge in [-0.05, 0) is 43.4 Å². The van der Waals surface area contributed by atoms with Crippen LogP contribution in [0.4, 0.5) is 4.79 Å². The Balaban J connectivity index is 1.87. The highest BCUT2D eigenvalue weighted by Gasteiger charge is 2.36. The van der Waals surface area contributed by atoms with E-state index >= 15 is 0 Å². The summed E-state index contributed by atoms with van der Waals surface area (Å²) in [4.78, 5) is 29.4. The zero-order valence-corrected chi connectivity index (χ0v) is 13.6. The summed E-state index contributed by atoms with van der Waals surface area (Å²) in [5.41, 5.74) is 2.75. The van der Waals surface area contributed by atoms with Gasteiger partial charge in [-0.25, -0.2) is 14.7 Å². The molecule has 0 unspecified atom stereocenters. The molecule has 7 heteroatoms. The lowest BCUT2D eigenvalue weighted by Gasteiger charge is -2.15. The molecule has 1 aromatic rings. The lowest BCUT2D eigenvalue weighted by Crippen LogP contribution is -2.31. The molecule has 1 fully saturated rings. The van der Waals surface area contributed by atoms with Crippen LogP contribution in [0.2, 0.25) is 5.15 Å². The van der Waals surface area contributed by atoms with Crippen molar-refractivity contribution in [3.63, 3.8) is 0 Å². The van der Waals surface area contributed by atoms with E-state index in [1.54, 1.807) is 0 Å². The molecule has 2 heterocycles. The van der Waals surface area contributed by atoms with E-state index in [2.05, 4.69) is 4.98 Å². The van der Waals surface area contributed by atoms with Crippen molar-refractivity contribution in [2.24, 2.45) is 0 Å². The fraction of sp³-hybridized carbons (Fsp3) is 0.438. The molecule has 23 heavy (non-hydrogen) atoms. The van der Waals surface area contributed by atoms with E-state index in [-0.39, 0.29) is 18.9 Å². The number of ether oxygens (including phenoxy) is 2. The lowest BCUT2D eigenvalue weighted by atomic mass is 9.95. The van der Waals surface area contributed by atoms with Crippen LogP contribution < -0.4 is 0 Å². The van der Waals surface area contributed by atoms with Crippen molar-refractivity contribution in [3.8, 4) is 0 Å². The maximum atomic E-state index is 12.2. The van der Waals surface area contributed by atoms with Crippen LogP contribution in [0.1, 0.15) is 29.7 Å². The van der Waals surface area contributed by atoms with Crippen LogP contribution in [0, 0.1) is 0 Å². The molecule has 1 aliphatic carbocycles. The number of aromatic nitrogens is 1. The number of cyclic esters (lactones) is 1. The maximum Gasteiger partial charge on any atom is 0.422 e. The highest BCUT2D eigenvalue weighted by molar-refractivity contribution is 6.31. The molecule has 2 aliphatic rings. The average molecular weight is 337 g/mol. The van der Waals surface area contributed by atoms with Gasteiger partial charge in [-0.3, -0.25) is 4.79 Å². The van der Waals surface area contributed by atoms with Gasteiger partial charge in [-0.2, -0.15) is 0 Å². The molecule has 122 valence electrons. The van der Waals surface area contributed by atoms with Gasteiger partial charge in [0.15, 0.2) is 5.76 Å². The Bertz CT molecular complexity index is 687. The number of methoxy groups -OCH3 is 1. The topological polar surface area (TPSA) is 68.7 Å². The Kier molecular flexibility index (Phi) is 4.63. The van der Waals surface area contributed by atoms with E-state index in [0.29, 0.717) is 10.7 Å². The Labute approximate surface area is 139 Å². The Hall–Kier alpha value is -1.92. The van der Waals surface area contributed by atoms with Gasteiger partial charge in [0.25, 0.3) is 5.91 Å². The molecular weight excluding hydrogens is 320 g/mol. The number of nitrogens with zero attached hydrogens (tertiary/aromatic N) is 2. The van der Waals surface area contributed by atoms with Gasteiger partial charge in [0.2, 0.25) is 0 Å². The average Bonchev–Trinajstić information content (AvgIpc) is 2.80. The number of halogens is 1. The summed E-state index contributed by atoms with van der Waals surface area (Å²) in [6, 6.07) is 1.93. The third-order valence-corrected chi connectivity index (χ3v) is 4.26. The molecule has 0 spiro atoms. The van der Waals surface area contributed by atoms with Gasteiger partial charge in [0.05, 0.1) is 13.2 Å². The summed E-state index contributed by atoms with van der Waals surface area (Å²) in [5, 5.41) is 0.317. The van der Waals surface area contributed by atoms with Crippen LogP contribution in [-0.2, 0) is 27.1 Å². The number of hydrogen-bond donors (Lipinski definition) is 0. The molecule has 1 aliphatic heterocycles. The molecule has 0 saturated carbocycles. The van der Waals surface area contributed by atoms with Crippen molar-refractivity contribution in [1.82, 2.24) is 9.88 Å². The van der Waals surface area contributed by atoms with Gasteiger partial charge < -0.3 is 9.47 Å². The van der Waals surface area contributed by atoms with Crippen molar-refractivity contribution in [3.05, 3.63) is 33.8 Å². The predicted molar refractivity (Wildman–Crippen MR) is 83.9 cm³/mol. The maximum absolute atomic E-state index is 12.2. The summed E-state index contributed by atoms with van der Waals surface area (Å²) in [7, 11) is 1.50. The molecule has 0 bridgehead atoms. The second kappa shape index (κ2) is 6.68. The van der Waals surface area contributed by atoms with Crippen molar-refractivity contribution >= 4 is 29.7 Å². The summed E-state index contributed by atoms with van der Waals surface area (Å²) >= 11 is 6.20. The predicted octanol–water partition coefficient (Wildman–Crippen LogP) is 2.58. The van der Waals surface area contributed by atoms with Crippen LogP contribution in [0.5, 0.6) is 0 Å². The second-order valence-corrected chi connectivity index (χ2v) is 5.87. The molecular formula is C16H17ClN2O4. The van der Waals surface area contributed by atoms with Crippen molar-refractivity contribution in [2.75, 3.05) is 20.3 Å². The monoisotopic (exact) mass is 336 g/mol. The van der Waals surface area contributed by atoms with Crippen LogP contribution in [0.25, 0.3) is 6.08 Å². The first-order valence-electron chi connectivity index (χ1n) is 7.52. The van der Waals surface area contributed by atoms with Gasteiger partial charge in [0, 0.05) is 18.4 Å². The highest BCUT2D eigenvalue weighted by Crippen LogP contribution is 2.27. The number of pyridine rings is 1. The Morgan fingerprint density at radius 1 is 1.39 bits per heavy atom. The first kappa shape index (κ1) is 16.0. The summed E-state index contributed by atoms with van der Waals surface area (Å²) in [6.45, 7) is 0.414. The summed E-state index contributed by atoms with van der Waals surface area (Å²) < 4.78 is 9.93. The highest BCUT2D eigenvalue weighted by atomic mass is 35.5. The molecule has 2 amide bonds. The van der Waals surface area contributed by atoms with Gasteiger partial charge in [0.1, 0.15) is 5.15 Å². The van der Waals surface area contributed by atoms with Crippen molar-refractivity contribution in [1.29, 1.82) is 0 Å². The quantitative estimate of drug-likeness (QED) is 0.624. The van der Waals surface area contributed by atoms with Crippen LogP contribution in [0.3, 0.4) is 0 Å². The number of aryl methyl sites for hydroxylation is 2. The SMILES string of the molecule is COCCN1C(=O)O/C(=C/c2cc3c(nc2Cl)CCCC3)C1=O. The summed E-state index contributed by atoms with van der Waals surface area (Å²) in [5.74, 6) is -0.522. The zero-order valence-electron chi connectivity index (χ0n) is 12.8. The first-order chi connectivity index (χ1) is 11.1. The van der Waals surface area contributed by atoms with Crippen LogP contribution in [-0.4, -0.2) is 42.1 Å². The molecule has 0 radical (unpaired) electrons. The Morgan fingerprint density at radius 2 is 2.17 bits per heavy atom. The second-order valence-electron chi connectivity index (χ2n) is 5.51. The standard InChI is InChI=1S/C16H17ClN2O4/c1-22-7-6-19-15(20)13(23-16(19)21)9-11-8-10-4-2-3-5-12(10)18-14(11)17/h8-9H,2-7H2,1H3/b13-9+. The number of carbonyl (C=O) groups is 2. The molecule has 1 saturated heterocycles. The van der Waals surface area contributed by atoms with Crippen molar-refractivity contribution < 1.29 is 19.1 Å². The van der Waals surface area contributed by atoms with Gasteiger partial charge in [-0.15, -0.1) is 0 Å². The number of hydrogen-bond acceptors (Lipinski definition) is 5.